The molecular formula is C20H23BF2O4. The maximum absolute atomic E-state index is 12.7. The smallest absolute Gasteiger partial charge is 0.485 e. The van der Waals surface area contributed by atoms with Gasteiger partial charge in [0.25, 0.3) is 0 Å². The fourth-order valence-corrected chi connectivity index (χ4v) is 2.69. The molecule has 0 N–H and O–H groups in total. The average Bonchev–Trinajstić information content (AvgIpc) is 2.82. The highest BCUT2D eigenvalue weighted by Crippen LogP contribution is 2.37. The van der Waals surface area contributed by atoms with Crippen LogP contribution in [-0.2, 0) is 15.9 Å². The Labute approximate surface area is 158 Å². The number of hydrogen-bond donors (Lipinski definition) is 0. The van der Waals surface area contributed by atoms with Crippen LogP contribution in [0.4, 0.5) is 8.78 Å². The van der Waals surface area contributed by atoms with Crippen molar-refractivity contribution in [2.75, 3.05) is 0 Å². The third-order valence-electron chi connectivity index (χ3n) is 4.95. The first kappa shape index (κ1) is 19.6. The van der Waals surface area contributed by atoms with E-state index in [0.717, 1.165) is 5.56 Å². The quantitative estimate of drug-likeness (QED) is 0.710. The van der Waals surface area contributed by atoms with Crippen LogP contribution in [0.3, 0.4) is 0 Å². The maximum atomic E-state index is 12.7. The van der Waals surface area contributed by atoms with Gasteiger partial charge in [0.2, 0.25) is 0 Å². The highest BCUT2D eigenvalue weighted by atomic mass is 19.3. The zero-order valence-electron chi connectivity index (χ0n) is 15.9. The van der Waals surface area contributed by atoms with Crippen LogP contribution in [0.1, 0.15) is 33.3 Å². The minimum atomic E-state index is -2.94. The van der Waals surface area contributed by atoms with Crippen LogP contribution in [0.15, 0.2) is 48.5 Å². The van der Waals surface area contributed by atoms with E-state index >= 15 is 0 Å². The van der Waals surface area contributed by atoms with Crippen molar-refractivity contribution in [2.45, 2.75) is 52.1 Å². The Hall–Kier alpha value is -2.12. The Morgan fingerprint density at radius 1 is 0.926 bits per heavy atom. The minimum Gasteiger partial charge on any atom is -0.485 e. The molecule has 0 aromatic heterocycles. The Morgan fingerprint density at radius 3 is 2.15 bits per heavy atom. The summed E-state index contributed by atoms with van der Waals surface area (Å²) in [6, 6.07) is 14.2. The lowest BCUT2D eigenvalue weighted by Gasteiger charge is -2.32. The molecule has 1 aliphatic heterocycles. The molecule has 2 aromatic carbocycles. The van der Waals surface area contributed by atoms with Crippen LogP contribution in [0.2, 0.25) is 0 Å². The molecule has 144 valence electrons. The monoisotopic (exact) mass is 376 g/mol. The lowest BCUT2D eigenvalue weighted by molar-refractivity contribution is -0.0515. The number of benzene rings is 2. The molecule has 0 aliphatic carbocycles. The SMILES string of the molecule is CC1(C)OB(c2ccc(OC(F)F)c(OCc3ccccc3)c2)OC1(C)C. The van der Waals surface area contributed by atoms with Gasteiger partial charge in [0.1, 0.15) is 6.61 Å². The molecule has 1 saturated heterocycles. The summed E-state index contributed by atoms with van der Waals surface area (Å²) < 4.78 is 47.9. The third-order valence-corrected chi connectivity index (χ3v) is 4.95. The third kappa shape index (κ3) is 4.42. The van der Waals surface area contributed by atoms with Crippen LogP contribution in [0.5, 0.6) is 11.5 Å². The number of rotatable bonds is 6. The fraction of sp³-hybridized carbons (Fsp3) is 0.400. The molecular weight excluding hydrogens is 353 g/mol. The van der Waals surface area contributed by atoms with Crippen LogP contribution in [-0.4, -0.2) is 24.9 Å². The zero-order chi connectivity index (χ0) is 19.7. The van der Waals surface area contributed by atoms with Crippen molar-refractivity contribution in [3.8, 4) is 11.5 Å². The van der Waals surface area contributed by atoms with Crippen molar-refractivity contribution in [1.29, 1.82) is 0 Å². The number of halogens is 2. The molecule has 0 bridgehead atoms. The molecule has 0 spiro atoms. The molecule has 2 aromatic rings. The van der Waals surface area contributed by atoms with Gasteiger partial charge in [0.15, 0.2) is 11.5 Å². The lowest BCUT2D eigenvalue weighted by Crippen LogP contribution is -2.41. The van der Waals surface area contributed by atoms with Gasteiger partial charge in [-0.15, -0.1) is 0 Å². The van der Waals surface area contributed by atoms with E-state index in [-0.39, 0.29) is 18.1 Å². The summed E-state index contributed by atoms with van der Waals surface area (Å²) >= 11 is 0. The van der Waals surface area contributed by atoms with Gasteiger partial charge in [0.05, 0.1) is 11.2 Å². The highest BCUT2D eigenvalue weighted by Gasteiger charge is 2.51. The van der Waals surface area contributed by atoms with E-state index in [2.05, 4.69) is 4.74 Å². The van der Waals surface area contributed by atoms with Crippen molar-refractivity contribution < 1.29 is 27.6 Å². The van der Waals surface area contributed by atoms with E-state index < -0.39 is 24.9 Å². The van der Waals surface area contributed by atoms with E-state index in [4.69, 9.17) is 14.0 Å². The van der Waals surface area contributed by atoms with Gasteiger partial charge in [-0.25, -0.2) is 0 Å². The minimum absolute atomic E-state index is 0.0267. The van der Waals surface area contributed by atoms with E-state index in [1.165, 1.54) is 6.07 Å². The summed E-state index contributed by atoms with van der Waals surface area (Å²) in [4.78, 5) is 0. The molecule has 0 amide bonds. The van der Waals surface area contributed by atoms with Crippen LogP contribution < -0.4 is 14.9 Å². The van der Waals surface area contributed by atoms with Crippen molar-refractivity contribution in [1.82, 2.24) is 0 Å². The molecule has 1 fully saturated rings. The van der Waals surface area contributed by atoms with Crippen LogP contribution >= 0.6 is 0 Å². The molecule has 1 aliphatic rings. The largest absolute Gasteiger partial charge is 0.494 e. The fourth-order valence-electron chi connectivity index (χ4n) is 2.69. The van der Waals surface area contributed by atoms with Crippen LogP contribution in [0.25, 0.3) is 0 Å². The molecule has 0 unspecified atom stereocenters. The Kier molecular flexibility index (Phi) is 5.44. The first-order chi connectivity index (χ1) is 12.7. The van der Waals surface area contributed by atoms with Crippen molar-refractivity contribution in [3.05, 3.63) is 54.1 Å². The molecule has 3 rings (SSSR count). The number of hydrogen-bond acceptors (Lipinski definition) is 4. The van der Waals surface area contributed by atoms with Crippen molar-refractivity contribution in [3.63, 3.8) is 0 Å². The van der Waals surface area contributed by atoms with Gasteiger partial charge in [-0.05, 0) is 50.9 Å². The molecule has 0 saturated carbocycles. The molecule has 1 heterocycles. The summed E-state index contributed by atoms with van der Waals surface area (Å²) in [5.74, 6) is 0.188. The molecule has 27 heavy (non-hydrogen) atoms. The second-order valence-electron chi connectivity index (χ2n) is 7.45. The summed E-state index contributed by atoms with van der Waals surface area (Å²) in [5, 5.41) is 0. The first-order valence-electron chi connectivity index (χ1n) is 8.79. The van der Waals surface area contributed by atoms with Gasteiger partial charge in [-0.2, -0.15) is 8.78 Å². The van der Waals surface area contributed by atoms with Crippen molar-refractivity contribution >= 4 is 12.6 Å². The van der Waals surface area contributed by atoms with Gasteiger partial charge >= 0.3 is 13.7 Å². The van der Waals surface area contributed by atoms with E-state index in [1.54, 1.807) is 12.1 Å². The van der Waals surface area contributed by atoms with Gasteiger partial charge in [0, 0.05) is 0 Å². The number of alkyl halides is 2. The Bertz CT molecular complexity index is 765. The second kappa shape index (κ2) is 7.48. The first-order valence-corrected chi connectivity index (χ1v) is 8.79. The summed E-state index contributed by atoms with van der Waals surface area (Å²) in [6.45, 7) is 5.10. The zero-order valence-corrected chi connectivity index (χ0v) is 15.9. The summed E-state index contributed by atoms with van der Waals surface area (Å²) in [5.41, 5.74) is 0.599. The maximum Gasteiger partial charge on any atom is 0.494 e. The van der Waals surface area contributed by atoms with E-state index in [1.807, 2.05) is 58.0 Å². The number of ether oxygens (including phenoxy) is 2. The molecule has 4 nitrogen and oxygen atoms in total. The van der Waals surface area contributed by atoms with Gasteiger partial charge < -0.3 is 18.8 Å². The van der Waals surface area contributed by atoms with E-state index in [0.29, 0.717) is 5.46 Å². The highest BCUT2D eigenvalue weighted by molar-refractivity contribution is 6.62. The summed E-state index contributed by atoms with van der Waals surface area (Å²) in [6.07, 6.45) is 0. The van der Waals surface area contributed by atoms with E-state index in [9.17, 15) is 8.78 Å². The molecule has 0 atom stereocenters. The normalized spacial score (nSPS) is 18.0. The molecule has 0 radical (unpaired) electrons. The van der Waals surface area contributed by atoms with Gasteiger partial charge in [-0.1, -0.05) is 36.4 Å². The average molecular weight is 376 g/mol. The van der Waals surface area contributed by atoms with Gasteiger partial charge in [-0.3, -0.25) is 0 Å². The Morgan fingerprint density at radius 2 is 1.56 bits per heavy atom. The predicted octanol–water partition coefficient (Wildman–Crippen LogP) is 4.17. The second-order valence-corrected chi connectivity index (χ2v) is 7.45. The topological polar surface area (TPSA) is 36.9 Å². The lowest BCUT2D eigenvalue weighted by atomic mass is 9.79. The van der Waals surface area contributed by atoms with Crippen molar-refractivity contribution in [2.24, 2.45) is 0 Å². The van der Waals surface area contributed by atoms with Crippen LogP contribution in [0, 0.1) is 0 Å². The summed E-state index contributed by atoms with van der Waals surface area (Å²) in [7, 11) is -0.616. The standard InChI is InChI=1S/C20H23BF2O4/c1-19(2)20(3,4)27-21(26-19)15-10-11-16(25-18(22)23)17(12-15)24-13-14-8-6-5-7-9-14/h5-12,18H,13H2,1-4H3. The predicted molar refractivity (Wildman–Crippen MR) is 99.6 cm³/mol. The Balaban J connectivity index is 1.84. The molecule has 7 heteroatoms.